The maximum absolute atomic E-state index is 15.4. The average molecular weight is 692 g/mol. The normalized spacial score (nSPS) is 20.3. The van der Waals surface area contributed by atoms with Crippen molar-refractivity contribution in [2.24, 2.45) is 0 Å². The SMILES string of the molecule is O=C(COc1ccccc1)N[C@H]1CN(S(=O)(=O)O)[C@H]1SC(=S)N1CCN(c2cc3c(cc2F)c(=O)c(C(=O)O)cn3C2CC2)CC1. The van der Waals surface area contributed by atoms with Gasteiger partial charge in [0.05, 0.1) is 17.2 Å². The number of para-hydroxylation sites is 1. The summed E-state index contributed by atoms with van der Waals surface area (Å²) in [4.78, 5) is 40.6. The van der Waals surface area contributed by atoms with Crippen molar-refractivity contribution in [1.29, 1.82) is 0 Å². The second kappa shape index (κ2) is 12.8. The van der Waals surface area contributed by atoms with Crippen LogP contribution in [0.2, 0.25) is 0 Å². The minimum atomic E-state index is -4.55. The molecule has 0 unspecified atom stereocenters. The molecule has 1 saturated carbocycles. The number of carbonyl (C=O) groups is 2. The molecule has 0 radical (unpaired) electrons. The molecular formula is C29H30FN5O8S3. The van der Waals surface area contributed by atoms with Crippen LogP contribution in [0.25, 0.3) is 10.9 Å². The van der Waals surface area contributed by atoms with Crippen molar-refractivity contribution in [3.05, 3.63) is 70.3 Å². The Morgan fingerprint density at radius 1 is 1.11 bits per heavy atom. The number of carboxylic acids is 1. The van der Waals surface area contributed by atoms with Crippen molar-refractivity contribution in [3.8, 4) is 5.75 Å². The number of thioether (sulfide) groups is 1. The topological polar surface area (TPSA) is 162 Å². The van der Waals surface area contributed by atoms with Crippen molar-refractivity contribution >= 4 is 67.1 Å². The number of amides is 1. The number of halogens is 1. The number of rotatable bonds is 9. The molecule has 13 nitrogen and oxygen atoms in total. The molecule has 1 aliphatic carbocycles. The van der Waals surface area contributed by atoms with E-state index in [1.54, 1.807) is 34.9 Å². The maximum atomic E-state index is 15.4. The lowest BCUT2D eigenvalue weighted by atomic mass is 10.1. The fraction of sp³-hybridized carbons (Fsp3) is 0.379. The summed E-state index contributed by atoms with van der Waals surface area (Å²) >= 11 is 6.64. The van der Waals surface area contributed by atoms with Gasteiger partial charge in [-0.1, -0.05) is 42.2 Å². The fourth-order valence-corrected chi connectivity index (χ4v) is 8.32. The van der Waals surface area contributed by atoms with Gasteiger partial charge in [0, 0.05) is 50.3 Å². The van der Waals surface area contributed by atoms with Crippen LogP contribution in [0.15, 0.2) is 53.5 Å². The molecule has 3 fully saturated rings. The maximum Gasteiger partial charge on any atom is 0.341 e. The molecule has 17 heteroatoms. The third-order valence-corrected chi connectivity index (χ3v) is 11.1. The summed E-state index contributed by atoms with van der Waals surface area (Å²) in [5.41, 5.74) is -0.377. The number of aromatic nitrogens is 1. The summed E-state index contributed by atoms with van der Waals surface area (Å²) in [6.07, 6.45) is 3.00. The van der Waals surface area contributed by atoms with Crippen LogP contribution >= 0.6 is 24.0 Å². The van der Waals surface area contributed by atoms with Gasteiger partial charge in [-0.25, -0.2) is 9.18 Å². The lowest BCUT2D eigenvalue weighted by molar-refractivity contribution is -0.124. The van der Waals surface area contributed by atoms with Crippen LogP contribution in [0, 0.1) is 5.82 Å². The predicted molar refractivity (Wildman–Crippen MR) is 173 cm³/mol. The lowest BCUT2D eigenvalue weighted by Gasteiger charge is -2.46. The highest BCUT2D eigenvalue weighted by Crippen LogP contribution is 2.38. The lowest BCUT2D eigenvalue weighted by Crippen LogP contribution is -2.67. The van der Waals surface area contributed by atoms with E-state index >= 15 is 4.39 Å². The van der Waals surface area contributed by atoms with Gasteiger partial charge in [-0.05, 0) is 37.1 Å². The first-order valence-corrected chi connectivity index (χ1v) is 17.1. The number of thiocarbonyl (C=S) groups is 1. The number of benzene rings is 2. The number of carboxylic acid groups (broad SMARTS) is 1. The molecule has 244 valence electrons. The van der Waals surface area contributed by atoms with E-state index in [1.165, 1.54) is 6.20 Å². The third-order valence-electron chi connectivity index (χ3n) is 8.13. The van der Waals surface area contributed by atoms with E-state index in [0.717, 1.165) is 35.0 Å². The Labute approximate surface area is 272 Å². The number of nitrogens with zero attached hydrogens (tertiary/aromatic N) is 4. The van der Waals surface area contributed by atoms with Crippen LogP contribution in [0.1, 0.15) is 29.2 Å². The number of anilines is 1. The van der Waals surface area contributed by atoms with Gasteiger partial charge in [0.2, 0.25) is 5.43 Å². The number of fused-ring (bicyclic) bond motifs is 1. The molecular weight excluding hydrogens is 662 g/mol. The van der Waals surface area contributed by atoms with Crippen LogP contribution in [-0.2, 0) is 15.1 Å². The minimum absolute atomic E-state index is 0.0152. The van der Waals surface area contributed by atoms with Crippen molar-refractivity contribution in [3.63, 3.8) is 0 Å². The minimum Gasteiger partial charge on any atom is -0.484 e. The Hall–Kier alpha value is -3.77. The van der Waals surface area contributed by atoms with Crippen LogP contribution in [0.5, 0.6) is 5.75 Å². The van der Waals surface area contributed by atoms with Gasteiger partial charge in [-0.2, -0.15) is 12.7 Å². The molecule has 3 aromatic rings. The van der Waals surface area contributed by atoms with E-state index < -0.39 is 50.4 Å². The van der Waals surface area contributed by atoms with Gasteiger partial charge in [0.15, 0.2) is 6.61 Å². The summed E-state index contributed by atoms with van der Waals surface area (Å²) in [5.74, 6) is -1.96. The number of aromatic carboxylic acids is 1. The molecule has 1 amide bonds. The zero-order valence-corrected chi connectivity index (χ0v) is 26.7. The number of carbonyl (C=O) groups excluding carboxylic acids is 1. The zero-order chi connectivity index (χ0) is 32.7. The number of nitrogens with one attached hydrogen (secondary N) is 1. The second-order valence-electron chi connectivity index (χ2n) is 11.2. The van der Waals surface area contributed by atoms with Crippen molar-refractivity contribution in [2.75, 3.05) is 44.2 Å². The van der Waals surface area contributed by atoms with Crippen molar-refractivity contribution in [1.82, 2.24) is 19.1 Å². The highest BCUT2D eigenvalue weighted by atomic mass is 32.2. The van der Waals surface area contributed by atoms with Crippen molar-refractivity contribution < 1.29 is 36.8 Å². The number of hydrogen-bond acceptors (Lipinski definition) is 9. The Balaban J connectivity index is 1.11. The van der Waals surface area contributed by atoms with Gasteiger partial charge in [-0.15, -0.1) is 0 Å². The molecule has 3 heterocycles. The van der Waals surface area contributed by atoms with Crippen LogP contribution in [0.4, 0.5) is 10.1 Å². The predicted octanol–water partition coefficient (Wildman–Crippen LogP) is 2.32. The summed E-state index contributed by atoms with van der Waals surface area (Å²) in [5, 5.41) is 11.4. The fourth-order valence-electron chi connectivity index (χ4n) is 5.56. The van der Waals surface area contributed by atoms with E-state index in [9.17, 15) is 32.5 Å². The van der Waals surface area contributed by atoms with Gasteiger partial charge in [-0.3, -0.25) is 14.1 Å². The first kappa shape index (κ1) is 32.2. The molecule has 2 aromatic carbocycles. The van der Waals surface area contributed by atoms with Gasteiger partial charge < -0.3 is 29.5 Å². The Bertz CT molecular complexity index is 1860. The van der Waals surface area contributed by atoms with Gasteiger partial charge in [0.25, 0.3) is 5.91 Å². The van der Waals surface area contributed by atoms with Gasteiger partial charge >= 0.3 is 16.3 Å². The van der Waals surface area contributed by atoms with E-state index in [2.05, 4.69) is 5.32 Å². The summed E-state index contributed by atoms with van der Waals surface area (Å²) < 4.78 is 57.4. The monoisotopic (exact) mass is 691 g/mol. The smallest absolute Gasteiger partial charge is 0.341 e. The highest BCUT2D eigenvalue weighted by molar-refractivity contribution is 8.23. The standard InChI is InChI=1S/C29H30FN5O8S3/c30-21-12-19-23(34(17-6-7-17)14-20(26(19)37)28(38)39)13-24(21)32-8-10-33(11-9-32)29(44)45-27-22(15-35(27)46(40,41)42)31-25(36)16-43-18-4-2-1-3-5-18/h1-5,12-14,17,22,27H,6-11,15-16H2,(H,31,36)(H,38,39)(H,40,41,42)/t22-,27-/m0/s1. The molecule has 2 aliphatic heterocycles. The zero-order valence-electron chi connectivity index (χ0n) is 24.2. The molecule has 1 aromatic heterocycles. The summed E-state index contributed by atoms with van der Waals surface area (Å²) in [7, 11) is -4.55. The van der Waals surface area contributed by atoms with E-state index in [4.69, 9.17) is 17.0 Å². The Morgan fingerprint density at radius 2 is 1.80 bits per heavy atom. The average Bonchev–Trinajstić information content (AvgIpc) is 3.86. The first-order valence-electron chi connectivity index (χ1n) is 14.4. The Morgan fingerprint density at radius 3 is 2.43 bits per heavy atom. The van der Waals surface area contributed by atoms with E-state index in [-0.39, 0.29) is 30.3 Å². The number of hydrogen-bond donors (Lipinski definition) is 3. The number of ether oxygens (including phenoxy) is 1. The molecule has 0 bridgehead atoms. The van der Waals surface area contributed by atoms with Crippen LogP contribution in [0.3, 0.4) is 0 Å². The quantitative estimate of drug-likeness (QED) is 0.222. The molecule has 2 saturated heterocycles. The highest BCUT2D eigenvalue weighted by Gasteiger charge is 2.48. The summed E-state index contributed by atoms with van der Waals surface area (Å²) in [6.45, 7) is 1.04. The molecule has 3 N–H and O–H groups in total. The molecule has 3 aliphatic rings. The van der Waals surface area contributed by atoms with E-state index in [1.807, 2.05) is 15.9 Å². The number of pyridine rings is 1. The van der Waals surface area contributed by atoms with E-state index in [0.29, 0.717) is 41.8 Å². The number of piperazine rings is 1. The largest absolute Gasteiger partial charge is 0.484 e. The van der Waals surface area contributed by atoms with Crippen molar-refractivity contribution in [2.45, 2.75) is 30.3 Å². The second-order valence-corrected chi connectivity index (χ2v) is 14.3. The van der Waals surface area contributed by atoms with Crippen LogP contribution in [-0.4, -0.2) is 98.8 Å². The van der Waals surface area contributed by atoms with Gasteiger partial charge in [0.1, 0.15) is 26.8 Å². The first-order chi connectivity index (χ1) is 21.9. The molecule has 0 spiro atoms. The third kappa shape index (κ3) is 6.69. The summed E-state index contributed by atoms with van der Waals surface area (Å²) in [6, 6.07) is 10.8. The molecule has 6 rings (SSSR count). The van der Waals surface area contributed by atoms with Crippen LogP contribution < -0.4 is 20.4 Å². The Kier molecular flexibility index (Phi) is 8.95. The molecule has 2 atom stereocenters. The molecule has 46 heavy (non-hydrogen) atoms.